The highest BCUT2D eigenvalue weighted by Crippen LogP contribution is 2.40. The SMILES string of the molecule is COC(=O)[C@@H](C#N)[C@@H](C#N)c1cc(OC)c(OC)cc1[N+](=O)[O-]. The van der Waals surface area contributed by atoms with Crippen LogP contribution in [-0.4, -0.2) is 32.2 Å². The van der Waals surface area contributed by atoms with Crippen LogP contribution in [0.5, 0.6) is 11.5 Å². The van der Waals surface area contributed by atoms with E-state index in [0.29, 0.717) is 0 Å². The number of nitrogens with zero attached hydrogens (tertiary/aromatic N) is 3. The number of nitriles is 2. The molecule has 0 heterocycles. The minimum atomic E-state index is -1.51. The molecule has 0 N–H and O–H groups in total. The normalized spacial score (nSPS) is 12.2. The molecule has 0 aliphatic rings. The highest BCUT2D eigenvalue weighted by Gasteiger charge is 2.36. The van der Waals surface area contributed by atoms with Gasteiger partial charge in [0.15, 0.2) is 17.4 Å². The average Bonchev–Trinajstić information content (AvgIpc) is 2.57. The van der Waals surface area contributed by atoms with Crippen LogP contribution in [0.25, 0.3) is 0 Å². The van der Waals surface area contributed by atoms with Gasteiger partial charge in [0.05, 0.1) is 50.0 Å². The van der Waals surface area contributed by atoms with Gasteiger partial charge < -0.3 is 14.2 Å². The highest BCUT2D eigenvalue weighted by atomic mass is 16.6. The molecule has 0 aromatic heterocycles. The van der Waals surface area contributed by atoms with Gasteiger partial charge in [-0.3, -0.25) is 14.9 Å². The maximum Gasteiger partial charge on any atom is 0.324 e. The van der Waals surface area contributed by atoms with Crippen LogP contribution in [0.1, 0.15) is 11.5 Å². The average molecular weight is 319 g/mol. The first kappa shape index (κ1) is 17.7. The number of ether oxygens (including phenoxy) is 3. The fraction of sp³-hybridized carbons (Fsp3) is 0.357. The van der Waals surface area contributed by atoms with Crippen LogP contribution in [0.2, 0.25) is 0 Å². The number of hydrogen-bond acceptors (Lipinski definition) is 8. The maximum absolute atomic E-state index is 11.7. The molecule has 0 spiro atoms. The predicted octanol–water partition coefficient (Wildman–Crippen LogP) is 1.53. The van der Waals surface area contributed by atoms with Crippen LogP contribution in [-0.2, 0) is 9.53 Å². The zero-order valence-corrected chi connectivity index (χ0v) is 12.6. The fourth-order valence-corrected chi connectivity index (χ4v) is 2.01. The zero-order chi connectivity index (χ0) is 17.6. The van der Waals surface area contributed by atoms with E-state index in [-0.39, 0.29) is 17.1 Å². The predicted molar refractivity (Wildman–Crippen MR) is 75.7 cm³/mol. The van der Waals surface area contributed by atoms with E-state index in [2.05, 4.69) is 4.74 Å². The van der Waals surface area contributed by atoms with Crippen LogP contribution in [0.3, 0.4) is 0 Å². The third-order valence-corrected chi connectivity index (χ3v) is 3.13. The van der Waals surface area contributed by atoms with Gasteiger partial charge >= 0.3 is 5.97 Å². The lowest BCUT2D eigenvalue weighted by Crippen LogP contribution is -2.22. The van der Waals surface area contributed by atoms with Crippen molar-refractivity contribution < 1.29 is 23.9 Å². The second kappa shape index (κ2) is 7.61. The Bertz CT molecular complexity index is 704. The number of carbonyl (C=O) groups excluding carboxylic acids is 1. The van der Waals surface area contributed by atoms with Crippen LogP contribution < -0.4 is 9.47 Å². The van der Waals surface area contributed by atoms with Crippen molar-refractivity contribution in [3.8, 4) is 23.6 Å². The molecule has 1 aromatic rings. The summed E-state index contributed by atoms with van der Waals surface area (Å²) in [6.45, 7) is 0. The summed E-state index contributed by atoms with van der Waals surface area (Å²) in [4.78, 5) is 22.2. The molecule has 9 heteroatoms. The minimum Gasteiger partial charge on any atom is -0.493 e. The summed E-state index contributed by atoms with van der Waals surface area (Å²) in [7, 11) is 3.68. The number of hydrogen-bond donors (Lipinski definition) is 0. The smallest absolute Gasteiger partial charge is 0.324 e. The molecule has 0 unspecified atom stereocenters. The molecular weight excluding hydrogens is 306 g/mol. The van der Waals surface area contributed by atoms with Gasteiger partial charge in [0, 0.05) is 0 Å². The number of rotatable bonds is 6. The Morgan fingerprint density at radius 1 is 1.17 bits per heavy atom. The van der Waals surface area contributed by atoms with Crippen LogP contribution >= 0.6 is 0 Å². The minimum absolute atomic E-state index is 0.0891. The van der Waals surface area contributed by atoms with Gasteiger partial charge in [-0.05, 0) is 6.07 Å². The van der Waals surface area contributed by atoms with Gasteiger partial charge in [0.25, 0.3) is 5.69 Å². The monoisotopic (exact) mass is 319 g/mol. The summed E-state index contributed by atoms with van der Waals surface area (Å²) in [6.07, 6.45) is 0. The summed E-state index contributed by atoms with van der Waals surface area (Å²) >= 11 is 0. The van der Waals surface area contributed by atoms with Crippen molar-refractivity contribution in [1.82, 2.24) is 0 Å². The Morgan fingerprint density at radius 2 is 1.74 bits per heavy atom. The Kier molecular flexibility index (Phi) is 5.87. The van der Waals surface area contributed by atoms with Crippen molar-refractivity contribution in [1.29, 1.82) is 10.5 Å². The number of nitro groups is 1. The Hall–Kier alpha value is -3.33. The molecule has 0 saturated heterocycles. The number of carbonyl (C=O) groups is 1. The number of esters is 1. The van der Waals surface area contributed by atoms with E-state index in [1.807, 2.05) is 0 Å². The van der Waals surface area contributed by atoms with Gasteiger partial charge in [0.1, 0.15) is 5.92 Å². The van der Waals surface area contributed by atoms with E-state index in [4.69, 9.17) is 14.7 Å². The van der Waals surface area contributed by atoms with Gasteiger partial charge in [0.2, 0.25) is 0 Å². The first-order valence-corrected chi connectivity index (χ1v) is 6.22. The summed E-state index contributed by atoms with van der Waals surface area (Å²) in [5.41, 5.74) is -0.592. The molecular formula is C14H13N3O6. The van der Waals surface area contributed by atoms with Gasteiger partial charge in [-0.1, -0.05) is 0 Å². The van der Waals surface area contributed by atoms with Crippen molar-refractivity contribution in [3.05, 3.63) is 27.8 Å². The van der Waals surface area contributed by atoms with E-state index < -0.39 is 28.4 Å². The molecule has 9 nitrogen and oxygen atoms in total. The number of nitro benzene ring substituents is 1. The molecule has 0 saturated carbocycles. The van der Waals surface area contributed by atoms with Crippen LogP contribution in [0, 0.1) is 38.7 Å². The van der Waals surface area contributed by atoms with Gasteiger partial charge in [-0.15, -0.1) is 0 Å². The summed E-state index contributed by atoms with van der Waals surface area (Å²) in [5.74, 6) is -3.64. The molecule has 0 amide bonds. The van der Waals surface area contributed by atoms with Gasteiger partial charge in [-0.2, -0.15) is 10.5 Å². The third-order valence-electron chi connectivity index (χ3n) is 3.13. The van der Waals surface area contributed by atoms with Crippen molar-refractivity contribution in [2.75, 3.05) is 21.3 Å². The second-order valence-corrected chi connectivity index (χ2v) is 4.26. The van der Waals surface area contributed by atoms with Crippen LogP contribution in [0.15, 0.2) is 12.1 Å². The largest absolute Gasteiger partial charge is 0.493 e. The summed E-state index contributed by atoms with van der Waals surface area (Å²) < 4.78 is 14.5. The fourth-order valence-electron chi connectivity index (χ4n) is 2.01. The van der Waals surface area contributed by atoms with E-state index in [1.165, 1.54) is 20.3 Å². The topological polar surface area (TPSA) is 135 Å². The standard InChI is InChI=1S/C14H13N3O6/c1-21-12-4-8(11(17(19)20)5-13(12)22-2)9(6-15)10(7-16)14(18)23-3/h4-5,9-10H,1-3H3/t9-,10-/m0/s1. The van der Waals surface area contributed by atoms with Crippen molar-refractivity contribution in [2.24, 2.45) is 5.92 Å². The molecule has 23 heavy (non-hydrogen) atoms. The van der Waals surface area contributed by atoms with E-state index in [0.717, 1.165) is 13.2 Å². The van der Waals surface area contributed by atoms with Gasteiger partial charge in [-0.25, -0.2) is 0 Å². The molecule has 0 aliphatic carbocycles. The maximum atomic E-state index is 11.7. The lowest BCUT2D eigenvalue weighted by molar-refractivity contribution is -0.385. The lowest BCUT2D eigenvalue weighted by atomic mass is 9.86. The van der Waals surface area contributed by atoms with Crippen molar-refractivity contribution in [2.45, 2.75) is 5.92 Å². The van der Waals surface area contributed by atoms with Crippen molar-refractivity contribution >= 4 is 11.7 Å². The quantitative estimate of drug-likeness (QED) is 0.437. The highest BCUT2D eigenvalue weighted by molar-refractivity contribution is 5.78. The lowest BCUT2D eigenvalue weighted by Gasteiger charge is -2.16. The number of methoxy groups -OCH3 is 3. The number of benzene rings is 1. The van der Waals surface area contributed by atoms with E-state index in [1.54, 1.807) is 12.1 Å². The molecule has 0 aliphatic heterocycles. The molecule has 0 fully saturated rings. The second-order valence-electron chi connectivity index (χ2n) is 4.26. The van der Waals surface area contributed by atoms with E-state index in [9.17, 15) is 20.2 Å². The Morgan fingerprint density at radius 3 is 2.13 bits per heavy atom. The third kappa shape index (κ3) is 3.47. The molecule has 0 radical (unpaired) electrons. The summed E-state index contributed by atoms with van der Waals surface area (Å²) in [5, 5.41) is 29.7. The van der Waals surface area contributed by atoms with Crippen molar-refractivity contribution in [3.63, 3.8) is 0 Å². The van der Waals surface area contributed by atoms with Crippen LogP contribution in [0.4, 0.5) is 5.69 Å². The summed E-state index contributed by atoms with van der Waals surface area (Å²) in [6, 6.07) is 5.67. The molecule has 120 valence electrons. The Labute approximate surface area is 131 Å². The first-order valence-electron chi connectivity index (χ1n) is 6.22. The molecule has 2 atom stereocenters. The van der Waals surface area contributed by atoms with E-state index >= 15 is 0 Å². The Balaban J connectivity index is 3.60. The molecule has 1 rings (SSSR count). The molecule has 1 aromatic carbocycles. The molecule has 0 bridgehead atoms. The first-order chi connectivity index (χ1) is 10.9. The zero-order valence-electron chi connectivity index (χ0n) is 12.6.